The molecule has 1 aliphatic carbocycles. The van der Waals surface area contributed by atoms with Crippen LogP contribution in [0.1, 0.15) is 32.1 Å². The van der Waals surface area contributed by atoms with Crippen LogP contribution in [0.15, 0.2) is 24.4 Å². The van der Waals surface area contributed by atoms with Gasteiger partial charge in [0.25, 0.3) is 0 Å². The van der Waals surface area contributed by atoms with Crippen molar-refractivity contribution in [2.45, 2.75) is 37.4 Å². The lowest BCUT2D eigenvalue weighted by Crippen LogP contribution is -2.10. The first-order valence-electron chi connectivity index (χ1n) is 5.28. The van der Waals surface area contributed by atoms with Crippen molar-refractivity contribution in [3.8, 4) is 0 Å². The molecular weight excluding hydrogens is 192 g/mol. The summed E-state index contributed by atoms with van der Waals surface area (Å²) in [6, 6.07) is 5.96. The van der Waals surface area contributed by atoms with E-state index in [0.29, 0.717) is 0 Å². The van der Waals surface area contributed by atoms with Crippen molar-refractivity contribution in [1.29, 1.82) is 0 Å². The van der Waals surface area contributed by atoms with Gasteiger partial charge in [-0.3, -0.25) is 0 Å². The number of anilines is 1. The highest BCUT2D eigenvalue weighted by molar-refractivity contribution is 8.01. The average molecular weight is 208 g/mol. The van der Waals surface area contributed by atoms with Crippen molar-refractivity contribution >= 4 is 17.8 Å². The Kier molecular flexibility index (Phi) is 3.69. The minimum Gasteiger partial charge on any atom is -0.314 e. The monoisotopic (exact) mass is 208 g/mol. The third kappa shape index (κ3) is 2.91. The highest BCUT2D eigenvalue weighted by Crippen LogP contribution is 2.28. The molecule has 0 aliphatic heterocycles. The van der Waals surface area contributed by atoms with Crippen molar-refractivity contribution in [2.75, 3.05) is 4.72 Å². The Bertz CT molecular complexity index is 257. The van der Waals surface area contributed by atoms with E-state index in [2.05, 4.69) is 9.71 Å². The fraction of sp³-hybridized carbons (Fsp3) is 0.545. The Labute approximate surface area is 89.6 Å². The van der Waals surface area contributed by atoms with Crippen molar-refractivity contribution in [3.63, 3.8) is 0 Å². The summed E-state index contributed by atoms with van der Waals surface area (Å²) in [6.45, 7) is 0. The van der Waals surface area contributed by atoms with Gasteiger partial charge in [-0.2, -0.15) is 0 Å². The number of pyridine rings is 1. The van der Waals surface area contributed by atoms with Gasteiger partial charge in [-0.25, -0.2) is 4.98 Å². The highest BCUT2D eigenvalue weighted by Gasteiger charge is 2.13. The van der Waals surface area contributed by atoms with Crippen LogP contribution in [0.4, 0.5) is 5.82 Å². The lowest BCUT2D eigenvalue weighted by atomic mass is 10.0. The molecule has 76 valence electrons. The summed E-state index contributed by atoms with van der Waals surface area (Å²) < 4.78 is 3.32. The molecule has 1 heterocycles. The van der Waals surface area contributed by atoms with Crippen LogP contribution in [0.25, 0.3) is 0 Å². The third-order valence-corrected chi connectivity index (χ3v) is 3.68. The Morgan fingerprint density at radius 2 is 2.07 bits per heavy atom. The van der Waals surface area contributed by atoms with Crippen LogP contribution in [0.3, 0.4) is 0 Å². The largest absolute Gasteiger partial charge is 0.314 e. The highest BCUT2D eigenvalue weighted by atomic mass is 32.2. The summed E-state index contributed by atoms with van der Waals surface area (Å²) in [4.78, 5) is 4.23. The SMILES string of the molecule is c1ccc(NSC2CCCCC2)nc1. The van der Waals surface area contributed by atoms with Gasteiger partial charge in [-0.15, -0.1) is 0 Å². The lowest BCUT2D eigenvalue weighted by Gasteiger charge is -2.20. The van der Waals surface area contributed by atoms with Gasteiger partial charge in [0.2, 0.25) is 0 Å². The molecule has 1 saturated carbocycles. The normalized spacial score (nSPS) is 18.0. The van der Waals surface area contributed by atoms with Crippen LogP contribution < -0.4 is 4.72 Å². The molecule has 0 unspecified atom stereocenters. The minimum absolute atomic E-state index is 0.783. The Balaban J connectivity index is 1.76. The fourth-order valence-corrected chi connectivity index (χ4v) is 2.73. The van der Waals surface area contributed by atoms with Gasteiger partial charge in [0.15, 0.2) is 0 Å². The molecule has 0 amide bonds. The lowest BCUT2D eigenvalue weighted by molar-refractivity contribution is 0.516. The van der Waals surface area contributed by atoms with Gasteiger partial charge in [0.05, 0.1) is 0 Å². The van der Waals surface area contributed by atoms with Gasteiger partial charge in [0, 0.05) is 11.4 Å². The van der Waals surface area contributed by atoms with Crippen molar-refractivity contribution in [2.24, 2.45) is 0 Å². The topological polar surface area (TPSA) is 24.9 Å². The van der Waals surface area contributed by atoms with Crippen LogP contribution in [-0.4, -0.2) is 10.2 Å². The molecule has 2 nitrogen and oxygen atoms in total. The van der Waals surface area contributed by atoms with Crippen molar-refractivity contribution in [3.05, 3.63) is 24.4 Å². The molecule has 0 spiro atoms. The van der Waals surface area contributed by atoms with E-state index in [1.807, 2.05) is 36.3 Å². The Morgan fingerprint density at radius 3 is 2.79 bits per heavy atom. The number of rotatable bonds is 3. The Morgan fingerprint density at radius 1 is 1.21 bits per heavy atom. The summed E-state index contributed by atoms with van der Waals surface area (Å²) in [6.07, 6.45) is 8.72. The van der Waals surface area contributed by atoms with Crippen molar-refractivity contribution in [1.82, 2.24) is 4.98 Å². The molecule has 1 aromatic heterocycles. The molecule has 0 atom stereocenters. The number of nitrogens with one attached hydrogen (secondary N) is 1. The molecule has 2 rings (SSSR count). The first-order valence-corrected chi connectivity index (χ1v) is 6.16. The molecule has 0 saturated heterocycles. The van der Waals surface area contributed by atoms with E-state index in [4.69, 9.17) is 0 Å². The van der Waals surface area contributed by atoms with Crippen LogP contribution in [0.2, 0.25) is 0 Å². The van der Waals surface area contributed by atoms with Gasteiger partial charge in [-0.05, 0) is 36.9 Å². The van der Waals surface area contributed by atoms with Crippen LogP contribution in [0, 0.1) is 0 Å². The first-order chi connectivity index (χ1) is 6.95. The number of hydrogen-bond donors (Lipinski definition) is 1. The summed E-state index contributed by atoms with van der Waals surface area (Å²) >= 11 is 1.84. The number of nitrogens with zero attached hydrogens (tertiary/aromatic N) is 1. The van der Waals surface area contributed by atoms with Gasteiger partial charge < -0.3 is 4.72 Å². The van der Waals surface area contributed by atoms with Crippen molar-refractivity contribution < 1.29 is 0 Å². The smallest absolute Gasteiger partial charge is 0.135 e. The summed E-state index contributed by atoms with van der Waals surface area (Å²) in [5, 5.41) is 0.783. The second-order valence-corrected chi connectivity index (χ2v) is 4.80. The van der Waals surface area contributed by atoms with Gasteiger partial charge in [0.1, 0.15) is 5.82 Å². The summed E-state index contributed by atoms with van der Waals surface area (Å²) in [5.74, 6) is 0.975. The van der Waals surface area contributed by atoms with E-state index in [-0.39, 0.29) is 0 Å². The maximum absolute atomic E-state index is 4.23. The average Bonchev–Trinajstić information content (AvgIpc) is 2.29. The fourth-order valence-electron chi connectivity index (χ4n) is 1.75. The molecule has 1 aromatic rings. The van der Waals surface area contributed by atoms with Crippen LogP contribution in [0.5, 0.6) is 0 Å². The van der Waals surface area contributed by atoms with Crippen LogP contribution >= 0.6 is 11.9 Å². The number of aromatic nitrogens is 1. The molecule has 14 heavy (non-hydrogen) atoms. The van der Waals surface area contributed by atoms with E-state index >= 15 is 0 Å². The standard InChI is InChI=1S/C11H16N2S/c1-2-6-10(7-3-1)14-13-11-8-4-5-9-12-11/h4-5,8-10H,1-3,6-7H2,(H,12,13). The second kappa shape index (κ2) is 5.25. The zero-order chi connectivity index (χ0) is 9.64. The zero-order valence-electron chi connectivity index (χ0n) is 8.28. The molecule has 0 aromatic carbocycles. The molecular formula is C11H16N2S. The molecule has 0 bridgehead atoms. The molecule has 1 aliphatic rings. The Hall–Kier alpha value is -0.700. The van der Waals surface area contributed by atoms with E-state index in [9.17, 15) is 0 Å². The summed E-state index contributed by atoms with van der Waals surface area (Å²) in [7, 11) is 0. The zero-order valence-corrected chi connectivity index (χ0v) is 9.09. The number of hydrogen-bond acceptors (Lipinski definition) is 3. The van der Waals surface area contributed by atoms with Gasteiger partial charge >= 0.3 is 0 Å². The maximum atomic E-state index is 4.23. The molecule has 0 radical (unpaired) electrons. The predicted molar refractivity (Wildman–Crippen MR) is 62.3 cm³/mol. The summed E-state index contributed by atoms with van der Waals surface area (Å²) in [5.41, 5.74) is 0. The maximum Gasteiger partial charge on any atom is 0.135 e. The van der Waals surface area contributed by atoms with E-state index in [1.54, 1.807) is 0 Å². The van der Waals surface area contributed by atoms with Gasteiger partial charge in [-0.1, -0.05) is 25.3 Å². The minimum atomic E-state index is 0.783. The quantitative estimate of drug-likeness (QED) is 0.770. The molecule has 1 N–H and O–H groups in total. The second-order valence-electron chi connectivity index (χ2n) is 3.69. The molecule has 1 fully saturated rings. The van der Waals surface area contributed by atoms with E-state index in [1.165, 1.54) is 32.1 Å². The third-order valence-electron chi connectivity index (χ3n) is 2.55. The molecule has 3 heteroatoms. The van der Waals surface area contributed by atoms with Crippen LogP contribution in [-0.2, 0) is 0 Å². The first kappa shape index (κ1) is 9.84. The van der Waals surface area contributed by atoms with E-state index in [0.717, 1.165) is 11.1 Å². The predicted octanol–water partition coefficient (Wildman–Crippen LogP) is 3.47. The van der Waals surface area contributed by atoms with E-state index < -0.39 is 0 Å².